The molecule has 0 aliphatic carbocycles. The fraction of sp³-hybridized carbons (Fsp3) is 0.857. The first-order valence-corrected chi connectivity index (χ1v) is 3.64. The second kappa shape index (κ2) is 4.18. The van der Waals surface area contributed by atoms with Gasteiger partial charge in [0.15, 0.2) is 0 Å². The van der Waals surface area contributed by atoms with Crippen molar-refractivity contribution < 1.29 is 14.7 Å². The minimum atomic E-state index is -1.26. The Labute approximate surface area is 66.7 Å². The molecule has 0 aliphatic heterocycles. The smallest absolute Gasteiger partial charge is 0.448 e. The number of carboxylic acid groups (broad SMARTS) is 1. The molecule has 0 aromatic carbocycles. The third-order valence-electron chi connectivity index (χ3n) is 1.20. The zero-order chi connectivity index (χ0) is 9.02. The van der Waals surface area contributed by atoms with Crippen molar-refractivity contribution in [1.29, 1.82) is 0 Å². The second-order valence-corrected chi connectivity index (χ2v) is 2.90. The quantitative estimate of drug-likeness (QED) is 0.640. The largest absolute Gasteiger partial charge is 0.525 e. The van der Waals surface area contributed by atoms with Crippen molar-refractivity contribution in [2.24, 2.45) is 0 Å². The Morgan fingerprint density at radius 1 is 1.27 bits per heavy atom. The maximum absolute atomic E-state index is 10.2. The highest BCUT2D eigenvalue weighted by molar-refractivity contribution is 5.56. The van der Waals surface area contributed by atoms with Crippen LogP contribution in [0.3, 0.4) is 0 Å². The van der Waals surface area contributed by atoms with E-state index in [2.05, 4.69) is 4.84 Å². The Morgan fingerprint density at radius 2 is 1.64 bits per heavy atom. The Bertz CT molecular complexity index is 126. The van der Waals surface area contributed by atoms with E-state index in [1.165, 1.54) is 5.06 Å². The highest BCUT2D eigenvalue weighted by Crippen LogP contribution is 2.05. The molecule has 4 nitrogen and oxygen atoms in total. The molecule has 11 heavy (non-hydrogen) atoms. The Morgan fingerprint density at radius 3 is 1.73 bits per heavy atom. The van der Waals surface area contributed by atoms with Gasteiger partial charge in [-0.15, -0.1) is 5.06 Å². The first-order valence-electron chi connectivity index (χ1n) is 3.64. The van der Waals surface area contributed by atoms with Crippen molar-refractivity contribution in [2.45, 2.75) is 39.8 Å². The zero-order valence-electron chi connectivity index (χ0n) is 7.37. The molecule has 1 N–H and O–H groups in total. The topological polar surface area (TPSA) is 49.8 Å². The van der Waals surface area contributed by atoms with Crippen LogP contribution in [0, 0.1) is 0 Å². The van der Waals surface area contributed by atoms with Crippen LogP contribution in [0.1, 0.15) is 27.7 Å². The van der Waals surface area contributed by atoms with Crippen LogP contribution in [0.25, 0.3) is 0 Å². The summed E-state index contributed by atoms with van der Waals surface area (Å²) in [6, 6.07) is 0.150. The normalized spacial score (nSPS) is 11.2. The number of rotatable bonds is 3. The van der Waals surface area contributed by atoms with E-state index in [-0.39, 0.29) is 12.1 Å². The van der Waals surface area contributed by atoms with Crippen molar-refractivity contribution in [3.63, 3.8) is 0 Å². The molecule has 4 heteroatoms. The minimum absolute atomic E-state index is 0.0751. The van der Waals surface area contributed by atoms with E-state index in [1.54, 1.807) is 0 Å². The summed E-state index contributed by atoms with van der Waals surface area (Å²) < 4.78 is 0. The van der Waals surface area contributed by atoms with Gasteiger partial charge in [0.05, 0.1) is 0 Å². The molecule has 0 amide bonds. The standard InChI is InChI=1S/C7H15NO3/c1-5(2)8(6(3)4)11-7(9)10/h5-6H,1-4H3,(H,9,10). The predicted octanol–water partition coefficient (Wildman–Crippen LogP) is 1.71. The SMILES string of the molecule is CC(C)N(OC(=O)O)C(C)C. The lowest BCUT2D eigenvalue weighted by atomic mass is 10.3. The van der Waals surface area contributed by atoms with E-state index >= 15 is 0 Å². The van der Waals surface area contributed by atoms with Gasteiger partial charge in [-0.1, -0.05) is 0 Å². The van der Waals surface area contributed by atoms with Gasteiger partial charge in [0.2, 0.25) is 0 Å². The van der Waals surface area contributed by atoms with E-state index in [0.717, 1.165) is 0 Å². The third kappa shape index (κ3) is 3.83. The van der Waals surface area contributed by atoms with Crippen LogP contribution in [0.2, 0.25) is 0 Å². The van der Waals surface area contributed by atoms with Crippen molar-refractivity contribution in [3.05, 3.63) is 0 Å². The molecule has 0 heterocycles. The summed E-state index contributed by atoms with van der Waals surface area (Å²) in [7, 11) is 0. The van der Waals surface area contributed by atoms with Gasteiger partial charge in [-0.25, -0.2) is 4.79 Å². The second-order valence-electron chi connectivity index (χ2n) is 2.90. The van der Waals surface area contributed by atoms with Gasteiger partial charge in [-0.05, 0) is 27.7 Å². The lowest BCUT2D eigenvalue weighted by molar-refractivity contribution is -0.160. The highest BCUT2D eigenvalue weighted by Gasteiger charge is 2.17. The summed E-state index contributed by atoms with van der Waals surface area (Å²) in [4.78, 5) is 14.7. The van der Waals surface area contributed by atoms with E-state index in [0.29, 0.717) is 0 Å². The Hall–Kier alpha value is -0.770. The van der Waals surface area contributed by atoms with Crippen molar-refractivity contribution in [2.75, 3.05) is 0 Å². The average Bonchev–Trinajstić information content (AvgIpc) is 1.81. The number of carbonyl (C=O) groups is 1. The van der Waals surface area contributed by atoms with Crippen molar-refractivity contribution >= 4 is 6.16 Å². The Kier molecular flexibility index (Phi) is 3.89. The number of hydrogen-bond acceptors (Lipinski definition) is 3. The molecule has 0 saturated carbocycles. The van der Waals surface area contributed by atoms with Crippen LogP contribution in [0.5, 0.6) is 0 Å². The summed E-state index contributed by atoms with van der Waals surface area (Å²) in [6.07, 6.45) is -1.26. The van der Waals surface area contributed by atoms with Gasteiger partial charge in [-0.2, -0.15) is 0 Å². The molecule has 0 fully saturated rings. The predicted molar refractivity (Wildman–Crippen MR) is 41.2 cm³/mol. The molecule has 0 radical (unpaired) electrons. The molecular formula is C7H15NO3. The molecule has 0 rings (SSSR count). The third-order valence-corrected chi connectivity index (χ3v) is 1.20. The Balaban J connectivity index is 4.00. The van der Waals surface area contributed by atoms with Crippen LogP contribution in [0.4, 0.5) is 4.79 Å². The van der Waals surface area contributed by atoms with Gasteiger partial charge in [0.25, 0.3) is 0 Å². The van der Waals surface area contributed by atoms with Gasteiger partial charge in [-0.3, -0.25) is 0 Å². The van der Waals surface area contributed by atoms with Gasteiger partial charge in [0.1, 0.15) is 0 Å². The van der Waals surface area contributed by atoms with Crippen LogP contribution in [-0.4, -0.2) is 28.4 Å². The van der Waals surface area contributed by atoms with Crippen LogP contribution >= 0.6 is 0 Å². The fourth-order valence-corrected chi connectivity index (χ4v) is 0.897. The lowest BCUT2D eigenvalue weighted by Gasteiger charge is -2.26. The van der Waals surface area contributed by atoms with Crippen LogP contribution in [-0.2, 0) is 4.84 Å². The monoisotopic (exact) mass is 161 g/mol. The molecule has 66 valence electrons. The average molecular weight is 161 g/mol. The van der Waals surface area contributed by atoms with E-state index in [9.17, 15) is 4.79 Å². The lowest BCUT2D eigenvalue weighted by Crippen LogP contribution is -2.38. The molecule has 0 bridgehead atoms. The van der Waals surface area contributed by atoms with E-state index in [1.807, 2.05) is 27.7 Å². The van der Waals surface area contributed by atoms with Crippen LogP contribution in [0.15, 0.2) is 0 Å². The fourth-order valence-electron chi connectivity index (χ4n) is 0.897. The van der Waals surface area contributed by atoms with Gasteiger partial charge in [0, 0.05) is 12.1 Å². The molecular weight excluding hydrogens is 146 g/mol. The summed E-state index contributed by atoms with van der Waals surface area (Å²) in [5.41, 5.74) is 0. The molecule has 0 aromatic heterocycles. The van der Waals surface area contributed by atoms with Gasteiger partial charge >= 0.3 is 6.16 Å². The number of nitrogens with zero attached hydrogens (tertiary/aromatic N) is 1. The molecule has 0 atom stereocenters. The number of hydroxylamine groups is 2. The van der Waals surface area contributed by atoms with Crippen LogP contribution < -0.4 is 0 Å². The maximum atomic E-state index is 10.2. The first kappa shape index (κ1) is 10.2. The summed E-state index contributed by atoms with van der Waals surface area (Å²) in [6.45, 7) is 7.51. The van der Waals surface area contributed by atoms with E-state index in [4.69, 9.17) is 5.11 Å². The summed E-state index contributed by atoms with van der Waals surface area (Å²) in [5, 5.41) is 9.75. The number of hydrogen-bond donors (Lipinski definition) is 1. The molecule has 0 spiro atoms. The minimum Gasteiger partial charge on any atom is -0.448 e. The summed E-state index contributed by atoms with van der Waals surface area (Å²) in [5.74, 6) is 0. The van der Waals surface area contributed by atoms with E-state index < -0.39 is 6.16 Å². The molecule has 0 aromatic rings. The first-order chi connectivity index (χ1) is 4.95. The van der Waals surface area contributed by atoms with Crippen molar-refractivity contribution in [1.82, 2.24) is 5.06 Å². The molecule has 0 aliphatic rings. The maximum Gasteiger partial charge on any atom is 0.525 e. The molecule has 0 unspecified atom stereocenters. The van der Waals surface area contributed by atoms with Crippen molar-refractivity contribution in [3.8, 4) is 0 Å². The molecule has 0 saturated heterocycles. The van der Waals surface area contributed by atoms with Gasteiger partial charge < -0.3 is 9.94 Å². The highest BCUT2D eigenvalue weighted by atomic mass is 16.8. The summed E-state index contributed by atoms with van der Waals surface area (Å²) >= 11 is 0. The zero-order valence-corrected chi connectivity index (χ0v) is 7.37.